The van der Waals surface area contributed by atoms with E-state index < -0.39 is 0 Å². The number of nitrogens with zero attached hydrogens (tertiary/aromatic N) is 1. The zero-order chi connectivity index (χ0) is 19.8. The van der Waals surface area contributed by atoms with Crippen molar-refractivity contribution in [1.29, 1.82) is 0 Å². The zero-order valence-electron chi connectivity index (χ0n) is 16.4. The van der Waals surface area contributed by atoms with Gasteiger partial charge < -0.3 is 4.98 Å². The highest BCUT2D eigenvalue weighted by atomic mass is 16.2. The number of aromatic amines is 1. The number of rotatable bonds is 4. The Balaban J connectivity index is 1.80. The van der Waals surface area contributed by atoms with E-state index in [1.807, 2.05) is 59.6 Å². The van der Waals surface area contributed by atoms with E-state index in [-0.39, 0.29) is 5.91 Å². The molecule has 1 aliphatic heterocycles. The molecule has 0 bridgehead atoms. The molecule has 0 radical (unpaired) electrons. The molecule has 1 amide bonds. The number of benzene rings is 3. The van der Waals surface area contributed by atoms with Gasteiger partial charge in [0, 0.05) is 28.5 Å². The Morgan fingerprint density at radius 3 is 2.45 bits per heavy atom. The quantitative estimate of drug-likeness (QED) is 0.432. The molecule has 5 rings (SSSR count). The van der Waals surface area contributed by atoms with Crippen LogP contribution in [0.4, 0.5) is 5.69 Å². The molecule has 1 aromatic heterocycles. The molecule has 3 nitrogen and oxygen atoms in total. The predicted octanol–water partition coefficient (Wildman–Crippen LogP) is 6.50. The maximum absolute atomic E-state index is 13.4. The van der Waals surface area contributed by atoms with Crippen LogP contribution in [0.15, 0.2) is 85.1 Å². The van der Waals surface area contributed by atoms with Gasteiger partial charge in [-0.15, -0.1) is 0 Å². The molecule has 3 aromatic carbocycles. The minimum Gasteiger partial charge on any atom is -0.361 e. The number of amides is 1. The number of anilines is 1. The molecule has 0 unspecified atom stereocenters. The summed E-state index contributed by atoms with van der Waals surface area (Å²) in [7, 11) is 0. The summed E-state index contributed by atoms with van der Waals surface area (Å²) in [5.41, 5.74) is 7.18. The maximum atomic E-state index is 13.4. The van der Waals surface area contributed by atoms with Gasteiger partial charge in [0.2, 0.25) is 0 Å². The topological polar surface area (TPSA) is 36.1 Å². The molecule has 0 aliphatic carbocycles. The average Bonchev–Trinajstić information content (AvgIpc) is 3.35. The summed E-state index contributed by atoms with van der Waals surface area (Å²) in [6.07, 6.45) is 3.87. The monoisotopic (exact) mass is 378 g/mol. The molecular weight excluding hydrogens is 356 g/mol. The summed E-state index contributed by atoms with van der Waals surface area (Å²) in [5, 5.41) is 1.18. The summed E-state index contributed by atoms with van der Waals surface area (Å²) in [5.74, 6) is 0.0399. The van der Waals surface area contributed by atoms with Gasteiger partial charge in [0.15, 0.2) is 0 Å². The lowest BCUT2D eigenvalue weighted by Crippen LogP contribution is -2.23. The Kier molecular flexibility index (Phi) is 4.28. The molecule has 142 valence electrons. The van der Waals surface area contributed by atoms with Crippen molar-refractivity contribution >= 4 is 33.8 Å². The molecule has 1 N–H and O–H groups in total. The third-order valence-electron chi connectivity index (χ3n) is 5.54. The van der Waals surface area contributed by atoms with Gasteiger partial charge in [-0.25, -0.2) is 0 Å². The summed E-state index contributed by atoms with van der Waals surface area (Å²) in [6, 6.07) is 26.5. The van der Waals surface area contributed by atoms with Gasteiger partial charge in [-0.2, -0.15) is 0 Å². The third kappa shape index (κ3) is 2.87. The number of aromatic nitrogens is 1. The number of hydrogen-bond donors (Lipinski definition) is 1. The van der Waals surface area contributed by atoms with Crippen LogP contribution in [-0.4, -0.2) is 10.9 Å². The Bertz CT molecular complexity index is 1230. The number of carbonyl (C=O) groups is 1. The molecule has 0 atom stereocenters. The number of para-hydroxylation sites is 1. The molecule has 0 spiro atoms. The first kappa shape index (κ1) is 17.5. The molecular formula is C26H22N2O. The molecule has 0 fully saturated rings. The van der Waals surface area contributed by atoms with E-state index >= 15 is 0 Å². The van der Waals surface area contributed by atoms with E-state index in [1.165, 1.54) is 16.5 Å². The van der Waals surface area contributed by atoms with E-state index in [0.29, 0.717) is 0 Å². The van der Waals surface area contributed by atoms with E-state index in [1.54, 1.807) is 0 Å². The summed E-state index contributed by atoms with van der Waals surface area (Å²) in [4.78, 5) is 18.6. The number of allylic oxidation sites excluding steroid dienone is 1. The number of carbonyl (C=O) groups excluding carboxylic acids is 1. The number of fused-ring (bicyclic) bond motifs is 2. The molecule has 3 heteroatoms. The Morgan fingerprint density at radius 2 is 1.66 bits per heavy atom. The van der Waals surface area contributed by atoms with E-state index in [0.717, 1.165) is 40.9 Å². The van der Waals surface area contributed by atoms with Crippen LogP contribution in [0.2, 0.25) is 0 Å². The Labute approximate surface area is 170 Å². The van der Waals surface area contributed by atoms with Crippen LogP contribution >= 0.6 is 0 Å². The zero-order valence-corrected chi connectivity index (χ0v) is 16.4. The molecule has 29 heavy (non-hydrogen) atoms. The Hall–Kier alpha value is -3.59. The van der Waals surface area contributed by atoms with Crippen LogP contribution in [-0.2, 0) is 0 Å². The van der Waals surface area contributed by atoms with Gasteiger partial charge in [0.25, 0.3) is 5.91 Å². The van der Waals surface area contributed by atoms with Crippen molar-refractivity contribution in [2.45, 2.75) is 19.8 Å². The van der Waals surface area contributed by atoms with Crippen molar-refractivity contribution in [2.24, 2.45) is 0 Å². The van der Waals surface area contributed by atoms with Gasteiger partial charge >= 0.3 is 0 Å². The van der Waals surface area contributed by atoms with Crippen molar-refractivity contribution in [3.05, 3.63) is 102 Å². The van der Waals surface area contributed by atoms with Gasteiger partial charge in [0.05, 0.1) is 5.70 Å². The van der Waals surface area contributed by atoms with Crippen molar-refractivity contribution in [1.82, 2.24) is 4.98 Å². The summed E-state index contributed by atoms with van der Waals surface area (Å²) < 4.78 is 0. The molecule has 2 heterocycles. The van der Waals surface area contributed by atoms with Crippen molar-refractivity contribution < 1.29 is 4.79 Å². The minimum atomic E-state index is 0.0399. The number of nitrogens with one attached hydrogen (secondary N) is 1. The summed E-state index contributed by atoms with van der Waals surface area (Å²) >= 11 is 0. The summed E-state index contributed by atoms with van der Waals surface area (Å²) in [6.45, 7) is 2.19. The molecule has 4 aromatic rings. The fourth-order valence-electron chi connectivity index (χ4n) is 4.23. The van der Waals surface area contributed by atoms with E-state index in [2.05, 4.69) is 42.2 Å². The first-order chi connectivity index (χ1) is 14.3. The lowest BCUT2D eigenvalue weighted by molar-refractivity contribution is 0.101. The van der Waals surface area contributed by atoms with Crippen LogP contribution < -0.4 is 4.90 Å². The fraction of sp³-hybridized carbons (Fsp3) is 0.115. The fourth-order valence-corrected chi connectivity index (χ4v) is 4.23. The van der Waals surface area contributed by atoms with Crippen LogP contribution in [0.5, 0.6) is 0 Å². The smallest absolute Gasteiger partial charge is 0.263 e. The maximum Gasteiger partial charge on any atom is 0.263 e. The van der Waals surface area contributed by atoms with Crippen LogP contribution in [0.3, 0.4) is 0 Å². The van der Waals surface area contributed by atoms with E-state index in [4.69, 9.17) is 0 Å². The van der Waals surface area contributed by atoms with Crippen LogP contribution in [0, 0.1) is 0 Å². The van der Waals surface area contributed by atoms with Gasteiger partial charge in [-0.3, -0.25) is 9.69 Å². The highest BCUT2D eigenvalue weighted by Gasteiger charge is 2.35. The predicted molar refractivity (Wildman–Crippen MR) is 120 cm³/mol. The standard InChI is InChI=1S/C26H22N2O/c1-2-8-21(18-13-14-24-19(17-18)15-16-27-24)25-22-11-6-7-12-23(22)26(29)28(25)20-9-4-3-5-10-20/h3-7,9-17,27H,2,8H2,1H3/b25-21+. The van der Waals surface area contributed by atoms with Crippen LogP contribution in [0.25, 0.3) is 22.2 Å². The second-order valence-electron chi connectivity index (χ2n) is 7.38. The first-order valence-electron chi connectivity index (χ1n) is 10.1. The first-order valence-corrected chi connectivity index (χ1v) is 10.1. The second-order valence-corrected chi connectivity index (χ2v) is 7.38. The lowest BCUT2D eigenvalue weighted by Gasteiger charge is -2.23. The van der Waals surface area contributed by atoms with Crippen molar-refractivity contribution in [3.63, 3.8) is 0 Å². The highest BCUT2D eigenvalue weighted by molar-refractivity contribution is 6.26. The molecule has 0 saturated carbocycles. The second kappa shape index (κ2) is 7.10. The molecule has 1 aliphatic rings. The highest BCUT2D eigenvalue weighted by Crippen LogP contribution is 2.42. The third-order valence-corrected chi connectivity index (χ3v) is 5.54. The molecule has 0 saturated heterocycles. The Morgan fingerprint density at radius 1 is 0.897 bits per heavy atom. The largest absolute Gasteiger partial charge is 0.361 e. The van der Waals surface area contributed by atoms with Gasteiger partial charge in [0.1, 0.15) is 0 Å². The van der Waals surface area contributed by atoms with Crippen LogP contribution in [0.1, 0.15) is 41.3 Å². The van der Waals surface area contributed by atoms with Crippen molar-refractivity contribution in [3.8, 4) is 0 Å². The number of H-pyrrole nitrogens is 1. The SMILES string of the molecule is CCC/C(=C1/c2ccccc2C(=O)N1c1ccccc1)c1ccc2[nH]ccc2c1. The van der Waals surface area contributed by atoms with E-state index in [9.17, 15) is 4.79 Å². The minimum absolute atomic E-state index is 0.0399. The normalized spacial score (nSPS) is 15.1. The van der Waals surface area contributed by atoms with Crippen molar-refractivity contribution in [2.75, 3.05) is 4.90 Å². The average molecular weight is 378 g/mol. The lowest BCUT2D eigenvalue weighted by atomic mass is 9.94. The van der Waals surface area contributed by atoms with Gasteiger partial charge in [-0.05, 0) is 59.3 Å². The van der Waals surface area contributed by atoms with Gasteiger partial charge in [-0.1, -0.05) is 55.8 Å². The number of hydrogen-bond acceptors (Lipinski definition) is 1.